The van der Waals surface area contributed by atoms with Gasteiger partial charge in [-0.1, -0.05) is 28.7 Å². The molecule has 2 N–H and O–H groups in total. The Hall–Kier alpha value is -3.19. The number of pyridine rings is 1. The molecule has 8 nitrogen and oxygen atoms in total. The Bertz CT molecular complexity index is 1280. The third kappa shape index (κ3) is 4.83. The van der Waals surface area contributed by atoms with Gasteiger partial charge in [-0.05, 0) is 49.3 Å². The lowest BCUT2D eigenvalue weighted by atomic mass is 10.1. The number of benzene rings is 1. The molecule has 0 saturated heterocycles. The van der Waals surface area contributed by atoms with Gasteiger partial charge in [0, 0.05) is 13.0 Å². The van der Waals surface area contributed by atoms with E-state index in [2.05, 4.69) is 30.6 Å². The monoisotopic (exact) mass is 479 g/mol. The van der Waals surface area contributed by atoms with Gasteiger partial charge in [0.05, 0.1) is 16.6 Å². The zero-order valence-corrected chi connectivity index (χ0v) is 18.0. The van der Waals surface area contributed by atoms with Crippen LogP contribution in [0, 0.1) is 3.95 Å². The average molecular weight is 480 g/mol. The van der Waals surface area contributed by atoms with E-state index < -0.39 is 23.2 Å². The minimum absolute atomic E-state index is 0.164. The third-order valence-corrected chi connectivity index (χ3v) is 5.82. The first-order valence-corrected chi connectivity index (χ1v) is 10.8. The minimum atomic E-state index is -4.66. The molecule has 4 aromatic rings. The van der Waals surface area contributed by atoms with Crippen LogP contribution in [0.15, 0.2) is 36.4 Å². The Morgan fingerprint density at radius 2 is 1.97 bits per heavy atom. The molecule has 0 radical (unpaired) electrons. The van der Waals surface area contributed by atoms with E-state index in [4.69, 9.17) is 12.2 Å². The lowest BCUT2D eigenvalue weighted by Gasteiger charge is -2.23. The highest BCUT2D eigenvalue weighted by molar-refractivity contribution is 7.73. The van der Waals surface area contributed by atoms with E-state index in [1.54, 1.807) is 12.1 Å². The number of halogens is 3. The molecule has 4 rings (SSSR count). The quantitative estimate of drug-likeness (QED) is 0.298. The maximum Gasteiger partial charge on any atom is 0.417 e. The molecule has 0 aliphatic carbocycles. The molecule has 0 unspecified atom stereocenters. The standard InChI is InChI=1S/C19H16F3N7OS2/c20-19(21,22)12-6-2-1-5-11(12)17(30)29(10-4-3-7-14-25-27-28-26-14)15-9-8-13-16(24-15)32-18(31)23-13/h1-2,5-6,8-9H,3-4,7,10H2,(H,23,31)(H,25,26,27,28). The molecular weight excluding hydrogens is 463 g/mol. The van der Waals surface area contributed by atoms with Crippen LogP contribution in [-0.4, -0.2) is 43.0 Å². The second-order valence-electron chi connectivity index (χ2n) is 6.82. The first-order valence-electron chi connectivity index (χ1n) is 9.53. The predicted octanol–water partition coefficient (Wildman–Crippen LogP) is 4.56. The number of carbonyl (C=O) groups excluding carboxylic acids is 1. The summed E-state index contributed by atoms with van der Waals surface area (Å²) in [6.45, 7) is 0.164. The number of thiazole rings is 1. The summed E-state index contributed by atoms with van der Waals surface area (Å²) in [5, 5.41) is 13.6. The summed E-state index contributed by atoms with van der Waals surface area (Å²) >= 11 is 6.36. The number of nitrogens with zero attached hydrogens (tertiary/aromatic N) is 5. The molecule has 166 valence electrons. The van der Waals surface area contributed by atoms with Crippen LogP contribution in [0.2, 0.25) is 0 Å². The fraction of sp³-hybridized carbons (Fsp3) is 0.263. The molecular formula is C19H16F3N7OS2. The van der Waals surface area contributed by atoms with Crippen molar-refractivity contribution in [3.63, 3.8) is 0 Å². The number of alkyl halides is 3. The van der Waals surface area contributed by atoms with Gasteiger partial charge < -0.3 is 4.98 Å². The zero-order chi connectivity index (χ0) is 22.7. The summed E-state index contributed by atoms with van der Waals surface area (Å²) in [6.07, 6.45) is -3.04. The molecule has 0 aliphatic heterocycles. The highest BCUT2D eigenvalue weighted by atomic mass is 32.1. The minimum Gasteiger partial charge on any atom is -0.336 e. The molecule has 0 atom stereocenters. The van der Waals surface area contributed by atoms with Crippen molar-refractivity contribution in [1.82, 2.24) is 30.6 Å². The van der Waals surface area contributed by atoms with Gasteiger partial charge in [0.15, 0.2) is 9.78 Å². The predicted molar refractivity (Wildman–Crippen MR) is 115 cm³/mol. The molecule has 13 heteroatoms. The number of carbonyl (C=O) groups is 1. The van der Waals surface area contributed by atoms with Crippen LogP contribution in [-0.2, 0) is 12.6 Å². The molecule has 0 spiro atoms. The number of fused-ring (bicyclic) bond motifs is 1. The molecule has 1 amide bonds. The van der Waals surface area contributed by atoms with Crippen molar-refractivity contribution >= 4 is 45.6 Å². The Morgan fingerprint density at radius 1 is 1.16 bits per heavy atom. The van der Waals surface area contributed by atoms with Gasteiger partial charge in [0.25, 0.3) is 5.91 Å². The number of H-pyrrole nitrogens is 2. The largest absolute Gasteiger partial charge is 0.417 e. The number of aromatic nitrogens is 6. The molecule has 0 saturated carbocycles. The number of rotatable bonds is 7. The van der Waals surface area contributed by atoms with Crippen molar-refractivity contribution in [1.29, 1.82) is 0 Å². The lowest BCUT2D eigenvalue weighted by Crippen LogP contribution is -2.34. The molecule has 0 bridgehead atoms. The number of unbranched alkanes of at least 4 members (excludes halogenated alkanes) is 1. The van der Waals surface area contributed by atoms with E-state index >= 15 is 0 Å². The van der Waals surface area contributed by atoms with E-state index in [1.165, 1.54) is 34.4 Å². The molecule has 32 heavy (non-hydrogen) atoms. The van der Waals surface area contributed by atoms with Crippen molar-refractivity contribution in [3.8, 4) is 0 Å². The number of hydrogen-bond donors (Lipinski definition) is 2. The number of aryl methyl sites for hydroxylation is 1. The van der Waals surface area contributed by atoms with Crippen molar-refractivity contribution < 1.29 is 18.0 Å². The van der Waals surface area contributed by atoms with Crippen molar-refractivity contribution in [2.75, 3.05) is 11.4 Å². The number of tetrazole rings is 1. The van der Waals surface area contributed by atoms with Gasteiger partial charge in [-0.2, -0.15) is 18.4 Å². The maximum absolute atomic E-state index is 13.5. The molecule has 0 fully saturated rings. The van der Waals surface area contributed by atoms with E-state index in [0.29, 0.717) is 39.4 Å². The van der Waals surface area contributed by atoms with Crippen molar-refractivity contribution in [3.05, 3.63) is 57.3 Å². The molecule has 0 aliphatic rings. The van der Waals surface area contributed by atoms with E-state index in [-0.39, 0.29) is 12.4 Å². The summed E-state index contributed by atoms with van der Waals surface area (Å²) in [5.41, 5.74) is -0.717. The Morgan fingerprint density at radius 3 is 2.72 bits per heavy atom. The van der Waals surface area contributed by atoms with Gasteiger partial charge in [-0.3, -0.25) is 9.69 Å². The Balaban J connectivity index is 1.64. The first-order chi connectivity index (χ1) is 15.3. The van der Waals surface area contributed by atoms with Crippen LogP contribution in [0.25, 0.3) is 10.3 Å². The summed E-state index contributed by atoms with van der Waals surface area (Å²) in [4.78, 5) is 22.6. The molecule has 3 aromatic heterocycles. The normalized spacial score (nSPS) is 11.7. The number of nitrogens with one attached hydrogen (secondary N) is 2. The summed E-state index contributed by atoms with van der Waals surface area (Å²) in [7, 11) is 0. The zero-order valence-electron chi connectivity index (χ0n) is 16.4. The van der Waals surface area contributed by atoms with E-state index in [0.717, 1.165) is 6.07 Å². The number of hydrogen-bond acceptors (Lipinski definition) is 7. The smallest absolute Gasteiger partial charge is 0.336 e. The fourth-order valence-electron chi connectivity index (χ4n) is 3.20. The van der Waals surface area contributed by atoms with Gasteiger partial charge in [-0.25, -0.2) is 4.98 Å². The number of aromatic amines is 2. The first kappa shape index (κ1) is 22.0. The summed E-state index contributed by atoms with van der Waals surface area (Å²) in [6, 6.07) is 8.04. The summed E-state index contributed by atoms with van der Waals surface area (Å²) in [5.74, 6) is 0.00435. The third-order valence-electron chi connectivity index (χ3n) is 4.68. The number of amides is 1. The summed E-state index contributed by atoms with van der Waals surface area (Å²) < 4.78 is 41.1. The van der Waals surface area contributed by atoms with Crippen LogP contribution < -0.4 is 4.90 Å². The van der Waals surface area contributed by atoms with Gasteiger partial charge >= 0.3 is 6.18 Å². The fourth-order valence-corrected chi connectivity index (χ4v) is 4.25. The van der Waals surface area contributed by atoms with Crippen LogP contribution in [0.3, 0.4) is 0 Å². The van der Waals surface area contributed by atoms with E-state index in [9.17, 15) is 18.0 Å². The second kappa shape index (κ2) is 9.12. The topological polar surface area (TPSA) is 103 Å². The van der Waals surface area contributed by atoms with Crippen molar-refractivity contribution in [2.24, 2.45) is 0 Å². The van der Waals surface area contributed by atoms with Crippen LogP contribution >= 0.6 is 23.6 Å². The van der Waals surface area contributed by atoms with Crippen molar-refractivity contribution in [2.45, 2.75) is 25.4 Å². The van der Waals surface area contributed by atoms with Gasteiger partial charge in [0.1, 0.15) is 10.6 Å². The maximum atomic E-state index is 13.5. The van der Waals surface area contributed by atoms with Crippen LogP contribution in [0.1, 0.15) is 34.6 Å². The lowest BCUT2D eigenvalue weighted by molar-refractivity contribution is -0.137. The van der Waals surface area contributed by atoms with Crippen LogP contribution in [0.4, 0.5) is 19.0 Å². The average Bonchev–Trinajstić information content (AvgIpc) is 3.41. The van der Waals surface area contributed by atoms with Gasteiger partial charge in [-0.15, -0.1) is 10.2 Å². The molecule has 3 heterocycles. The Labute approximate surface area is 188 Å². The highest BCUT2D eigenvalue weighted by Gasteiger charge is 2.36. The Kier molecular flexibility index (Phi) is 6.28. The molecule has 1 aromatic carbocycles. The van der Waals surface area contributed by atoms with Crippen LogP contribution in [0.5, 0.6) is 0 Å². The SMILES string of the molecule is O=C(c1ccccc1C(F)(F)F)N(CCCCc1nn[nH]n1)c1ccc2[nH]c(=S)sc2n1. The van der Waals surface area contributed by atoms with E-state index in [1.807, 2.05) is 0 Å². The van der Waals surface area contributed by atoms with Gasteiger partial charge in [0.2, 0.25) is 0 Å². The highest BCUT2D eigenvalue weighted by Crippen LogP contribution is 2.33. The second-order valence-corrected chi connectivity index (χ2v) is 8.49. The number of anilines is 1.